The zero-order chi connectivity index (χ0) is 14.0. The first kappa shape index (κ1) is 15.3. The number of hydrogen-bond donors (Lipinski definition) is 1. The second-order valence-electron chi connectivity index (χ2n) is 7.62. The van der Waals surface area contributed by atoms with Crippen LogP contribution in [0, 0.1) is 11.8 Å². The quantitative estimate of drug-likeness (QED) is 0.829. The summed E-state index contributed by atoms with van der Waals surface area (Å²) in [4.78, 5) is 2.69. The lowest BCUT2D eigenvalue weighted by molar-refractivity contribution is -0.0252. The van der Waals surface area contributed by atoms with Gasteiger partial charge in [-0.15, -0.1) is 0 Å². The monoisotopic (exact) mass is 268 g/mol. The molecule has 1 saturated heterocycles. The van der Waals surface area contributed by atoms with E-state index in [0.29, 0.717) is 12.0 Å². The van der Waals surface area contributed by atoms with Gasteiger partial charge in [0.05, 0.1) is 12.2 Å². The number of rotatable bonds is 5. The van der Waals surface area contributed by atoms with Crippen molar-refractivity contribution in [3.8, 4) is 0 Å². The molecule has 1 heterocycles. The molecule has 0 aromatic carbocycles. The molecule has 0 aromatic heterocycles. The number of nitrogens with zero attached hydrogens (tertiary/aromatic N) is 1. The van der Waals surface area contributed by atoms with Gasteiger partial charge in [-0.2, -0.15) is 0 Å². The molecule has 112 valence electrons. The Hall–Kier alpha value is -0.120. The van der Waals surface area contributed by atoms with Crippen molar-refractivity contribution < 1.29 is 4.74 Å². The highest BCUT2D eigenvalue weighted by Gasteiger charge is 2.39. The lowest BCUT2D eigenvalue weighted by Crippen LogP contribution is -2.59. The van der Waals surface area contributed by atoms with E-state index in [4.69, 9.17) is 4.74 Å². The van der Waals surface area contributed by atoms with E-state index in [1.54, 1.807) is 0 Å². The van der Waals surface area contributed by atoms with Crippen LogP contribution in [-0.4, -0.2) is 48.8 Å². The molecule has 0 spiro atoms. The van der Waals surface area contributed by atoms with Gasteiger partial charge in [-0.25, -0.2) is 0 Å². The lowest BCUT2D eigenvalue weighted by atomic mass is 9.97. The first-order valence-corrected chi connectivity index (χ1v) is 7.98. The minimum absolute atomic E-state index is 0.0133. The maximum atomic E-state index is 5.91. The van der Waals surface area contributed by atoms with Gasteiger partial charge in [0.1, 0.15) is 0 Å². The third kappa shape index (κ3) is 4.73. The predicted octanol–water partition coefficient (Wildman–Crippen LogP) is 2.51. The van der Waals surface area contributed by atoms with Gasteiger partial charge >= 0.3 is 0 Å². The smallest absolute Gasteiger partial charge is 0.0600 e. The number of ether oxygens (including phenoxy) is 1. The third-order valence-electron chi connectivity index (χ3n) is 4.37. The van der Waals surface area contributed by atoms with Crippen molar-refractivity contribution in [2.75, 3.05) is 26.2 Å². The van der Waals surface area contributed by atoms with Crippen LogP contribution in [0.4, 0.5) is 0 Å². The highest BCUT2D eigenvalue weighted by atomic mass is 16.5. The van der Waals surface area contributed by atoms with Crippen molar-refractivity contribution in [1.82, 2.24) is 10.2 Å². The Labute approximate surface area is 119 Å². The van der Waals surface area contributed by atoms with Crippen molar-refractivity contribution in [2.45, 2.75) is 65.1 Å². The SMILES string of the molecule is CC(C)C1CN(CCOC(C)(C)C)C(C2CC2)CN1. The maximum Gasteiger partial charge on any atom is 0.0600 e. The molecule has 2 aliphatic rings. The topological polar surface area (TPSA) is 24.5 Å². The van der Waals surface area contributed by atoms with E-state index in [2.05, 4.69) is 44.8 Å². The van der Waals surface area contributed by atoms with Gasteiger partial charge in [0.2, 0.25) is 0 Å². The Morgan fingerprint density at radius 1 is 1.26 bits per heavy atom. The highest BCUT2D eigenvalue weighted by Crippen LogP contribution is 2.36. The third-order valence-corrected chi connectivity index (χ3v) is 4.37. The molecule has 0 radical (unpaired) electrons. The molecule has 0 bridgehead atoms. The van der Waals surface area contributed by atoms with Crippen LogP contribution in [0.2, 0.25) is 0 Å². The summed E-state index contributed by atoms with van der Waals surface area (Å²) in [6.07, 6.45) is 2.85. The molecule has 19 heavy (non-hydrogen) atoms. The molecule has 0 amide bonds. The normalized spacial score (nSPS) is 30.0. The summed E-state index contributed by atoms with van der Waals surface area (Å²) in [5.74, 6) is 1.65. The highest BCUT2D eigenvalue weighted by molar-refractivity contribution is 4.95. The maximum absolute atomic E-state index is 5.91. The van der Waals surface area contributed by atoms with Gasteiger partial charge in [-0.1, -0.05) is 13.8 Å². The molecule has 3 nitrogen and oxygen atoms in total. The van der Waals surface area contributed by atoms with Crippen molar-refractivity contribution >= 4 is 0 Å². The van der Waals surface area contributed by atoms with Gasteiger partial charge in [0.25, 0.3) is 0 Å². The summed E-state index contributed by atoms with van der Waals surface area (Å²) in [5, 5.41) is 3.74. The summed E-state index contributed by atoms with van der Waals surface area (Å²) < 4.78 is 5.91. The minimum Gasteiger partial charge on any atom is -0.375 e. The molecule has 2 unspecified atom stereocenters. The predicted molar refractivity (Wildman–Crippen MR) is 80.4 cm³/mol. The van der Waals surface area contributed by atoms with Gasteiger partial charge in [-0.3, -0.25) is 4.90 Å². The molecule has 3 heteroatoms. The first-order chi connectivity index (χ1) is 8.87. The Morgan fingerprint density at radius 2 is 1.95 bits per heavy atom. The van der Waals surface area contributed by atoms with E-state index in [-0.39, 0.29) is 5.60 Å². The Balaban J connectivity index is 1.84. The van der Waals surface area contributed by atoms with Crippen LogP contribution in [0.5, 0.6) is 0 Å². The van der Waals surface area contributed by atoms with Crippen LogP contribution < -0.4 is 5.32 Å². The van der Waals surface area contributed by atoms with Gasteiger partial charge < -0.3 is 10.1 Å². The minimum atomic E-state index is -0.0133. The average molecular weight is 268 g/mol. The number of hydrogen-bond acceptors (Lipinski definition) is 3. The molecule has 1 N–H and O–H groups in total. The number of nitrogens with one attached hydrogen (secondary N) is 1. The van der Waals surface area contributed by atoms with E-state index >= 15 is 0 Å². The van der Waals surface area contributed by atoms with Crippen LogP contribution in [-0.2, 0) is 4.74 Å². The fourth-order valence-corrected chi connectivity index (χ4v) is 2.97. The molecule has 1 aliphatic heterocycles. The van der Waals surface area contributed by atoms with Gasteiger partial charge in [-0.05, 0) is 45.4 Å². The fourth-order valence-electron chi connectivity index (χ4n) is 2.97. The van der Waals surface area contributed by atoms with Crippen LogP contribution in [0.25, 0.3) is 0 Å². The molecule has 1 aliphatic carbocycles. The summed E-state index contributed by atoms with van der Waals surface area (Å²) in [6.45, 7) is 15.4. The van der Waals surface area contributed by atoms with E-state index in [1.165, 1.54) is 25.9 Å². The molecule has 1 saturated carbocycles. The Kier molecular flexibility index (Phi) is 4.91. The molecular formula is C16H32N2O. The molecule has 2 atom stereocenters. The van der Waals surface area contributed by atoms with Crippen molar-refractivity contribution in [2.24, 2.45) is 11.8 Å². The van der Waals surface area contributed by atoms with Gasteiger partial charge in [0.15, 0.2) is 0 Å². The summed E-state index contributed by atoms with van der Waals surface area (Å²) in [5.41, 5.74) is -0.0133. The summed E-state index contributed by atoms with van der Waals surface area (Å²) in [6, 6.07) is 1.39. The van der Waals surface area contributed by atoms with Crippen LogP contribution in [0.3, 0.4) is 0 Å². The van der Waals surface area contributed by atoms with E-state index in [0.717, 1.165) is 25.1 Å². The Bertz CT molecular complexity index is 281. The second kappa shape index (κ2) is 6.11. The molecule has 2 rings (SSSR count). The van der Waals surface area contributed by atoms with Crippen molar-refractivity contribution in [3.63, 3.8) is 0 Å². The standard InChI is InChI=1S/C16H32N2O/c1-12(2)14-11-18(8-9-19-16(3,4)5)15(10-17-14)13-6-7-13/h12-15,17H,6-11H2,1-5H3. The second-order valence-corrected chi connectivity index (χ2v) is 7.62. The van der Waals surface area contributed by atoms with Crippen LogP contribution in [0.1, 0.15) is 47.5 Å². The largest absolute Gasteiger partial charge is 0.375 e. The van der Waals surface area contributed by atoms with Crippen LogP contribution >= 0.6 is 0 Å². The van der Waals surface area contributed by atoms with E-state index < -0.39 is 0 Å². The van der Waals surface area contributed by atoms with E-state index in [1.807, 2.05) is 0 Å². The fraction of sp³-hybridized carbons (Fsp3) is 1.00. The summed E-state index contributed by atoms with van der Waals surface area (Å²) in [7, 11) is 0. The van der Waals surface area contributed by atoms with Crippen LogP contribution in [0.15, 0.2) is 0 Å². The van der Waals surface area contributed by atoms with E-state index in [9.17, 15) is 0 Å². The zero-order valence-electron chi connectivity index (χ0n) is 13.4. The summed E-state index contributed by atoms with van der Waals surface area (Å²) >= 11 is 0. The van der Waals surface area contributed by atoms with Gasteiger partial charge in [0, 0.05) is 31.7 Å². The Morgan fingerprint density at radius 3 is 2.47 bits per heavy atom. The van der Waals surface area contributed by atoms with Crippen molar-refractivity contribution in [1.29, 1.82) is 0 Å². The first-order valence-electron chi connectivity index (χ1n) is 7.98. The lowest BCUT2D eigenvalue weighted by Gasteiger charge is -2.42. The molecule has 2 fully saturated rings. The average Bonchev–Trinajstić information content (AvgIpc) is 3.11. The zero-order valence-corrected chi connectivity index (χ0v) is 13.4. The van der Waals surface area contributed by atoms with Crippen molar-refractivity contribution in [3.05, 3.63) is 0 Å². The molecular weight excluding hydrogens is 236 g/mol. The number of piperazine rings is 1. The molecule has 0 aromatic rings.